The standard InChI is InChI=1S/C15H14BrClN4O2/c16-11-7-19-21-14(18-6-9(23)8-22)5-13(20-15(11)21)10-3-1-2-4-12(10)17/h1-5,7,9,18,22-23H,6,8H2/t9-/m1/s1. The predicted octanol–water partition coefficient (Wildman–Crippen LogP) is 2.58. The molecule has 3 aromatic rings. The van der Waals surface area contributed by atoms with Crippen LogP contribution in [0.4, 0.5) is 5.82 Å². The first kappa shape index (κ1) is 16.2. The van der Waals surface area contributed by atoms with Crippen LogP contribution in [-0.2, 0) is 0 Å². The fourth-order valence-electron chi connectivity index (χ4n) is 2.16. The van der Waals surface area contributed by atoms with Gasteiger partial charge in [0.05, 0.1) is 29.1 Å². The Kier molecular flexibility index (Phi) is 4.82. The summed E-state index contributed by atoms with van der Waals surface area (Å²) >= 11 is 9.68. The second-order valence-corrected chi connectivity index (χ2v) is 6.21. The summed E-state index contributed by atoms with van der Waals surface area (Å²) in [4.78, 5) is 4.59. The van der Waals surface area contributed by atoms with Crippen molar-refractivity contribution in [3.05, 3.63) is 46.0 Å². The second kappa shape index (κ2) is 6.84. The molecule has 0 amide bonds. The van der Waals surface area contributed by atoms with Gasteiger partial charge in [0.2, 0.25) is 0 Å². The quantitative estimate of drug-likeness (QED) is 0.616. The maximum Gasteiger partial charge on any atom is 0.172 e. The molecular weight excluding hydrogens is 384 g/mol. The van der Waals surface area contributed by atoms with E-state index in [1.54, 1.807) is 22.8 Å². The Morgan fingerprint density at radius 3 is 2.87 bits per heavy atom. The second-order valence-electron chi connectivity index (χ2n) is 4.95. The summed E-state index contributed by atoms with van der Waals surface area (Å²) in [6.45, 7) is -0.129. The highest BCUT2D eigenvalue weighted by molar-refractivity contribution is 9.10. The molecule has 2 aromatic heterocycles. The topological polar surface area (TPSA) is 82.7 Å². The van der Waals surface area contributed by atoms with Crippen molar-refractivity contribution in [2.24, 2.45) is 0 Å². The van der Waals surface area contributed by atoms with E-state index < -0.39 is 6.10 Å². The van der Waals surface area contributed by atoms with Gasteiger partial charge in [0.15, 0.2) is 5.65 Å². The summed E-state index contributed by atoms with van der Waals surface area (Å²) in [6.07, 6.45) is 0.785. The number of hydrogen-bond donors (Lipinski definition) is 3. The molecule has 0 radical (unpaired) electrons. The lowest BCUT2D eigenvalue weighted by Gasteiger charge is -2.13. The predicted molar refractivity (Wildman–Crippen MR) is 92.7 cm³/mol. The monoisotopic (exact) mass is 396 g/mol. The molecule has 3 rings (SSSR count). The number of rotatable bonds is 5. The minimum absolute atomic E-state index is 0.190. The van der Waals surface area contributed by atoms with E-state index in [4.69, 9.17) is 16.7 Å². The van der Waals surface area contributed by atoms with Crippen LogP contribution in [0.1, 0.15) is 0 Å². The Morgan fingerprint density at radius 1 is 1.35 bits per heavy atom. The van der Waals surface area contributed by atoms with Crippen molar-refractivity contribution in [2.75, 3.05) is 18.5 Å². The van der Waals surface area contributed by atoms with Gasteiger partial charge in [-0.05, 0) is 22.0 Å². The molecule has 3 N–H and O–H groups in total. The van der Waals surface area contributed by atoms with Crippen LogP contribution >= 0.6 is 27.5 Å². The number of nitrogens with one attached hydrogen (secondary N) is 1. The Labute approximate surface area is 145 Å². The summed E-state index contributed by atoms with van der Waals surface area (Å²) in [5.41, 5.74) is 2.12. The van der Waals surface area contributed by atoms with E-state index in [0.717, 1.165) is 10.0 Å². The average molecular weight is 398 g/mol. The summed E-state index contributed by atoms with van der Waals surface area (Å²) in [6, 6.07) is 9.24. The number of halogens is 2. The first-order valence-corrected chi connectivity index (χ1v) is 8.09. The molecule has 0 fully saturated rings. The minimum Gasteiger partial charge on any atom is -0.394 e. The van der Waals surface area contributed by atoms with E-state index in [0.29, 0.717) is 22.2 Å². The van der Waals surface area contributed by atoms with E-state index in [1.807, 2.05) is 18.2 Å². The molecule has 1 atom stereocenters. The van der Waals surface area contributed by atoms with Crippen LogP contribution < -0.4 is 5.32 Å². The van der Waals surface area contributed by atoms with Crippen molar-refractivity contribution in [1.29, 1.82) is 0 Å². The first-order chi connectivity index (χ1) is 11.1. The number of aliphatic hydroxyl groups is 2. The minimum atomic E-state index is -0.860. The normalized spacial score (nSPS) is 12.5. The molecule has 0 aliphatic rings. The van der Waals surface area contributed by atoms with Crippen LogP contribution in [0.25, 0.3) is 16.9 Å². The zero-order valence-electron chi connectivity index (χ0n) is 11.9. The molecule has 6 nitrogen and oxygen atoms in total. The van der Waals surface area contributed by atoms with Gasteiger partial charge in [-0.25, -0.2) is 4.98 Å². The highest BCUT2D eigenvalue weighted by atomic mass is 79.9. The Balaban J connectivity index is 2.09. The summed E-state index contributed by atoms with van der Waals surface area (Å²) < 4.78 is 2.37. The van der Waals surface area contributed by atoms with Crippen LogP contribution in [0.15, 0.2) is 41.0 Å². The van der Waals surface area contributed by atoms with Gasteiger partial charge in [-0.3, -0.25) is 0 Å². The molecular formula is C15H14BrClN4O2. The van der Waals surface area contributed by atoms with E-state index in [1.165, 1.54) is 0 Å². The zero-order valence-corrected chi connectivity index (χ0v) is 14.3. The SMILES string of the molecule is OC[C@H](O)CNc1cc(-c2ccccc2Cl)nc2c(Br)cnn12. The summed E-state index contributed by atoms with van der Waals surface area (Å²) in [5, 5.41) is 26.4. The van der Waals surface area contributed by atoms with Crippen LogP contribution in [0.2, 0.25) is 5.02 Å². The number of hydrogen-bond acceptors (Lipinski definition) is 5. The van der Waals surface area contributed by atoms with Gasteiger partial charge in [-0.1, -0.05) is 29.8 Å². The molecule has 8 heteroatoms. The average Bonchev–Trinajstić information content (AvgIpc) is 2.94. The lowest BCUT2D eigenvalue weighted by atomic mass is 10.1. The number of benzene rings is 1. The number of fused-ring (bicyclic) bond motifs is 1. The number of nitrogens with zero attached hydrogens (tertiary/aromatic N) is 3. The lowest BCUT2D eigenvalue weighted by Crippen LogP contribution is -2.24. The van der Waals surface area contributed by atoms with Crippen molar-refractivity contribution in [3.8, 4) is 11.3 Å². The highest BCUT2D eigenvalue weighted by Gasteiger charge is 2.13. The molecule has 0 saturated carbocycles. The zero-order chi connectivity index (χ0) is 16.4. The molecule has 23 heavy (non-hydrogen) atoms. The lowest BCUT2D eigenvalue weighted by molar-refractivity contribution is 0.105. The number of aliphatic hydroxyl groups excluding tert-OH is 2. The van der Waals surface area contributed by atoms with Gasteiger partial charge >= 0.3 is 0 Å². The molecule has 1 aromatic carbocycles. The third-order valence-electron chi connectivity index (χ3n) is 3.31. The van der Waals surface area contributed by atoms with Gasteiger partial charge in [0.1, 0.15) is 5.82 Å². The van der Waals surface area contributed by atoms with Crippen LogP contribution in [-0.4, -0.2) is 44.1 Å². The van der Waals surface area contributed by atoms with E-state index in [9.17, 15) is 5.11 Å². The van der Waals surface area contributed by atoms with Crippen molar-refractivity contribution in [2.45, 2.75) is 6.10 Å². The van der Waals surface area contributed by atoms with Crippen LogP contribution in [0.3, 0.4) is 0 Å². The van der Waals surface area contributed by atoms with Crippen LogP contribution in [0, 0.1) is 0 Å². The molecule has 0 unspecified atom stereocenters. The Morgan fingerprint density at radius 2 is 2.13 bits per heavy atom. The van der Waals surface area contributed by atoms with Gasteiger partial charge in [-0.2, -0.15) is 9.61 Å². The molecule has 120 valence electrons. The van der Waals surface area contributed by atoms with E-state index >= 15 is 0 Å². The van der Waals surface area contributed by atoms with E-state index in [-0.39, 0.29) is 13.2 Å². The first-order valence-electron chi connectivity index (χ1n) is 6.92. The van der Waals surface area contributed by atoms with Crippen molar-refractivity contribution < 1.29 is 10.2 Å². The number of anilines is 1. The highest BCUT2D eigenvalue weighted by Crippen LogP contribution is 2.30. The molecule has 0 aliphatic heterocycles. The van der Waals surface area contributed by atoms with Crippen molar-refractivity contribution in [3.63, 3.8) is 0 Å². The number of aromatic nitrogens is 3. The largest absolute Gasteiger partial charge is 0.394 e. The molecule has 0 bridgehead atoms. The fourth-order valence-corrected chi connectivity index (χ4v) is 2.74. The summed E-state index contributed by atoms with van der Waals surface area (Å²) in [5.74, 6) is 0.642. The van der Waals surface area contributed by atoms with Crippen LogP contribution in [0.5, 0.6) is 0 Å². The van der Waals surface area contributed by atoms with Crippen molar-refractivity contribution >= 4 is 39.0 Å². The van der Waals surface area contributed by atoms with Gasteiger partial charge in [-0.15, -0.1) is 0 Å². The summed E-state index contributed by atoms with van der Waals surface area (Å²) in [7, 11) is 0. The third kappa shape index (κ3) is 3.32. The molecule has 2 heterocycles. The maximum absolute atomic E-state index is 9.54. The van der Waals surface area contributed by atoms with E-state index in [2.05, 4.69) is 31.3 Å². The van der Waals surface area contributed by atoms with Gasteiger partial charge in [0.25, 0.3) is 0 Å². The maximum atomic E-state index is 9.54. The van der Waals surface area contributed by atoms with Gasteiger partial charge in [0, 0.05) is 23.2 Å². The Hall–Kier alpha value is -1.67. The molecule has 0 aliphatic carbocycles. The van der Waals surface area contributed by atoms with Gasteiger partial charge < -0.3 is 15.5 Å². The molecule has 0 spiro atoms. The Bertz CT molecular complexity index is 839. The fraction of sp³-hybridized carbons (Fsp3) is 0.200. The van der Waals surface area contributed by atoms with Crippen molar-refractivity contribution in [1.82, 2.24) is 14.6 Å². The smallest absolute Gasteiger partial charge is 0.172 e. The molecule has 0 saturated heterocycles. The third-order valence-corrected chi connectivity index (χ3v) is 4.20.